The van der Waals surface area contributed by atoms with E-state index in [1.54, 1.807) is 0 Å². The van der Waals surface area contributed by atoms with Crippen molar-refractivity contribution in [3.63, 3.8) is 0 Å². The second-order valence-electron chi connectivity index (χ2n) is 5.91. The van der Waals surface area contributed by atoms with E-state index in [0.717, 1.165) is 19.6 Å². The Hall–Kier alpha value is -1.18. The molecule has 2 amide bonds. The first-order valence-corrected chi connectivity index (χ1v) is 7.68. The van der Waals surface area contributed by atoms with Crippen molar-refractivity contribution in [2.45, 2.75) is 25.9 Å². The summed E-state index contributed by atoms with van der Waals surface area (Å²) in [6.45, 7) is 8.99. The van der Waals surface area contributed by atoms with Crippen LogP contribution in [-0.4, -0.2) is 86.2 Å². The van der Waals surface area contributed by atoms with Gasteiger partial charge in [0.1, 0.15) is 6.04 Å². The van der Waals surface area contributed by atoms with Crippen LogP contribution in [0.25, 0.3) is 0 Å². The van der Waals surface area contributed by atoms with Gasteiger partial charge in [0.05, 0.1) is 19.8 Å². The standard InChI is InChI=1S/C14H26N4O3/c1-11(2)16-13(19)9-17-4-6-18(7-5-17)14(20)12-10-21-8-3-15-12/h11-12,15H,3-10H2,1-2H3,(H,16,19). The Labute approximate surface area is 126 Å². The van der Waals surface area contributed by atoms with Gasteiger partial charge in [0.2, 0.25) is 11.8 Å². The van der Waals surface area contributed by atoms with Gasteiger partial charge in [-0.05, 0) is 13.8 Å². The van der Waals surface area contributed by atoms with E-state index in [1.807, 2.05) is 18.7 Å². The summed E-state index contributed by atoms with van der Waals surface area (Å²) in [6.07, 6.45) is 0. The van der Waals surface area contributed by atoms with Crippen LogP contribution < -0.4 is 10.6 Å². The van der Waals surface area contributed by atoms with E-state index in [4.69, 9.17) is 4.74 Å². The van der Waals surface area contributed by atoms with E-state index >= 15 is 0 Å². The number of morpholine rings is 1. The molecule has 2 heterocycles. The molecular formula is C14H26N4O3. The Bertz CT molecular complexity index is 361. The topological polar surface area (TPSA) is 73.9 Å². The minimum absolute atomic E-state index is 0.0483. The number of nitrogens with one attached hydrogen (secondary N) is 2. The molecule has 0 aliphatic carbocycles. The molecule has 0 bridgehead atoms. The first-order chi connectivity index (χ1) is 10.1. The number of ether oxygens (including phenoxy) is 1. The second-order valence-corrected chi connectivity index (χ2v) is 5.91. The summed E-state index contributed by atoms with van der Waals surface area (Å²) in [7, 11) is 0. The van der Waals surface area contributed by atoms with Gasteiger partial charge in [-0.25, -0.2) is 0 Å². The predicted octanol–water partition coefficient (Wildman–Crippen LogP) is -1.36. The minimum atomic E-state index is -0.213. The van der Waals surface area contributed by atoms with Crippen molar-refractivity contribution in [3.8, 4) is 0 Å². The first-order valence-electron chi connectivity index (χ1n) is 7.68. The van der Waals surface area contributed by atoms with Gasteiger partial charge in [0, 0.05) is 38.8 Å². The molecule has 2 fully saturated rings. The Morgan fingerprint density at radius 3 is 2.57 bits per heavy atom. The Morgan fingerprint density at radius 2 is 2.00 bits per heavy atom. The van der Waals surface area contributed by atoms with E-state index in [-0.39, 0.29) is 23.9 Å². The summed E-state index contributed by atoms with van der Waals surface area (Å²) < 4.78 is 5.33. The summed E-state index contributed by atoms with van der Waals surface area (Å²) in [4.78, 5) is 28.0. The maximum absolute atomic E-state index is 12.3. The average Bonchev–Trinajstić information content (AvgIpc) is 2.47. The molecule has 1 atom stereocenters. The molecule has 120 valence electrons. The summed E-state index contributed by atoms with van der Waals surface area (Å²) in [5, 5.41) is 6.08. The van der Waals surface area contributed by atoms with Crippen LogP contribution in [0.3, 0.4) is 0 Å². The number of amides is 2. The van der Waals surface area contributed by atoms with Gasteiger partial charge in [-0.2, -0.15) is 0 Å². The third kappa shape index (κ3) is 4.94. The van der Waals surface area contributed by atoms with Crippen LogP contribution in [-0.2, 0) is 14.3 Å². The SMILES string of the molecule is CC(C)NC(=O)CN1CCN(C(=O)C2COCCN2)CC1. The molecule has 0 spiro atoms. The molecule has 2 N–H and O–H groups in total. The van der Waals surface area contributed by atoms with Crippen molar-refractivity contribution >= 4 is 11.8 Å². The lowest BCUT2D eigenvalue weighted by molar-refractivity contribution is -0.138. The number of carbonyl (C=O) groups excluding carboxylic acids is 2. The fourth-order valence-electron chi connectivity index (χ4n) is 2.64. The number of hydrogen-bond acceptors (Lipinski definition) is 5. The van der Waals surface area contributed by atoms with Crippen LogP contribution in [0, 0.1) is 0 Å². The molecule has 0 saturated carbocycles. The third-order valence-corrected chi connectivity index (χ3v) is 3.72. The third-order valence-electron chi connectivity index (χ3n) is 3.72. The van der Waals surface area contributed by atoms with Gasteiger partial charge >= 0.3 is 0 Å². The summed E-state index contributed by atoms with van der Waals surface area (Å²) in [5.74, 6) is 0.160. The molecule has 7 heteroatoms. The lowest BCUT2D eigenvalue weighted by atomic mass is 10.2. The number of hydrogen-bond donors (Lipinski definition) is 2. The first kappa shape index (κ1) is 16.2. The van der Waals surface area contributed by atoms with Crippen LogP contribution >= 0.6 is 0 Å². The van der Waals surface area contributed by atoms with E-state index in [9.17, 15) is 9.59 Å². The maximum atomic E-state index is 12.3. The molecule has 0 aromatic carbocycles. The number of nitrogens with zero attached hydrogens (tertiary/aromatic N) is 2. The van der Waals surface area contributed by atoms with Crippen molar-refractivity contribution < 1.29 is 14.3 Å². The maximum Gasteiger partial charge on any atom is 0.242 e. The van der Waals surface area contributed by atoms with Gasteiger partial charge in [-0.15, -0.1) is 0 Å². The molecule has 2 aliphatic heterocycles. The van der Waals surface area contributed by atoms with Crippen LogP contribution in [0.5, 0.6) is 0 Å². The zero-order chi connectivity index (χ0) is 15.2. The second kappa shape index (κ2) is 7.72. The predicted molar refractivity (Wildman–Crippen MR) is 78.9 cm³/mol. The molecule has 2 saturated heterocycles. The highest BCUT2D eigenvalue weighted by Crippen LogP contribution is 2.06. The molecule has 2 rings (SSSR count). The number of carbonyl (C=O) groups is 2. The van der Waals surface area contributed by atoms with Gasteiger partial charge in [-0.3, -0.25) is 14.5 Å². The minimum Gasteiger partial charge on any atom is -0.378 e. The molecule has 1 unspecified atom stereocenters. The summed E-state index contributed by atoms with van der Waals surface area (Å²) >= 11 is 0. The monoisotopic (exact) mass is 298 g/mol. The quantitative estimate of drug-likeness (QED) is 0.671. The largest absolute Gasteiger partial charge is 0.378 e. The molecule has 7 nitrogen and oxygen atoms in total. The van der Waals surface area contributed by atoms with Crippen molar-refractivity contribution in [3.05, 3.63) is 0 Å². The van der Waals surface area contributed by atoms with Gasteiger partial charge in [0.25, 0.3) is 0 Å². The van der Waals surface area contributed by atoms with Crippen molar-refractivity contribution in [2.24, 2.45) is 0 Å². The van der Waals surface area contributed by atoms with E-state index in [1.165, 1.54) is 0 Å². The fourth-order valence-corrected chi connectivity index (χ4v) is 2.64. The highest BCUT2D eigenvalue weighted by atomic mass is 16.5. The highest BCUT2D eigenvalue weighted by Gasteiger charge is 2.29. The van der Waals surface area contributed by atoms with Gasteiger partial charge in [0.15, 0.2) is 0 Å². The Kier molecular flexibility index (Phi) is 5.96. The van der Waals surface area contributed by atoms with Gasteiger partial charge < -0.3 is 20.3 Å². The van der Waals surface area contributed by atoms with Crippen LogP contribution in [0.15, 0.2) is 0 Å². The lowest BCUT2D eigenvalue weighted by Gasteiger charge is -2.37. The smallest absolute Gasteiger partial charge is 0.242 e. The number of rotatable bonds is 4. The molecular weight excluding hydrogens is 272 g/mol. The molecule has 0 aromatic rings. The fraction of sp³-hybridized carbons (Fsp3) is 0.857. The molecule has 0 aromatic heterocycles. The van der Waals surface area contributed by atoms with Crippen molar-refractivity contribution in [2.75, 3.05) is 52.5 Å². The van der Waals surface area contributed by atoms with E-state index < -0.39 is 0 Å². The Balaban J connectivity index is 1.72. The van der Waals surface area contributed by atoms with Gasteiger partial charge in [-0.1, -0.05) is 0 Å². The average molecular weight is 298 g/mol. The van der Waals surface area contributed by atoms with E-state index in [0.29, 0.717) is 32.8 Å². The highest BCUT2D eigenvalue weighted by molar-refractivity contribution is 5.82. The summed E-state index contributed by atoms with van der Waals surface area (Å²) in [5.41, 5.74) is 0. The zero-order valence-corrected chi connectivity index (χ0v) is 12.9. The zero-order valence-electron chi connectivity index (χ0n) is 12.9. The Morgan fingerprint density at radius 1 is 1.29 bits per heavy atom. The van der Waals surface area contributed by atoms with Crippen LogP contribution in [0.4, 0.5) is 0 Å². The number of piperazine rings is 1. The van der Waals surface area contributed by atoms with Crippen molar-refractivity contribution in [1.29, 1.82) is 0 Å². The van der Waals surface area contributed by atoms with Crippen molar-refractivity contribution in [1.82, 2.24) is 20.4 Å². The lowest BCUT2D eigenvalue weighted by Crippen LogP contribution is -2.57. The molecule has 2 aliphatic rings. The normalized spacial score (nSPS) is 24.1. The van der Waals surface area contributed by atoms with E-state index in [2.05, 4.69) is 15.5 Å². The summed E-state index contributed by atoms with van der Waals surface area (Å²) in [6, 6.07) is -0.0488. The molecule has 21 heavy (non-hydrogen) atoms. The van der Waals surface area contributed by atoms with Crippen LogP contribution in [0.1, 0.15) is 13.8 Å². The molecule has 0 radical (unpaired) electrons. The van der Waals surface area contributed by atoms with Crippen LogP contribution in [0.2, 0.25) is 0 Å².